The number of amides is 1. The molecule has 0 saturated carbocycles. The van der Waals surface area contributed by atoms with Gasteiger partial charge in [0.25, 0.3) is 0 Å². The normalized spacial score (nSPS) is 14.4. The van der Waals surface area contributed by atoms with E-state index in [0.29, 0.717) is 18.8 Å². The fourth-order valence-electron chi connectivity index (χ4n) is 2.80. The second kappa shape index (κ2) is 8.04. The van der Waals surface area contributed by atoms with Crippen LogP contribution in [0.2, 0.25) is 0 Å². The van der Waals surface area contributed by atoms with Crippen molar-refractivity contribution in [3.63, 3.8) is 0 Å². The molecule has 1 amide bonds. The Bertz CT molecular complexity index is 786. The van der Waals surface area contributed by atoms with Gasteiger partial charge in [-0.25, -0.2) is 0 Å². The van der Waals surface area contributed by atoms with Crippen LogP contribution in [-0.4, -0.2) is 37.0 Å². The molecule has 0 radical (unpaired) electrons. The summed E-state index contributed by atoms with van der Waals surface area (Å²) in [6.07, 6.45) is 3.49. The lowest BCUT2D eigenvalue weighted by atomic mass is 10.2. The van der Waals surface area contributed by atoms with Crippen LogP contribution in [0.25, 0.3) is 16.5 Å². The molecule has 6 heteroatoms. The maximum Gasteiger partial charge on any atom is 0.246 e. The summed E-state index contributed by atoms with van der Waals surface area (Å²) >= 11 is 0. The molecule has 25 heavy (non-hydrogen) atoms. The Kier molecular flexibility index (Phi) is 5.34. The molecule has 0 unspecified atom stereocenters. The zero-order valence-corrected chi connectivity index (χ0v) is 13.8. The van der Waals surface area contributed by atoms with Gasteiger partial charge in [0.1, 0.15) is 0 Å². The van der Waals surface area contributed by atoms with E-state index in [1.54, 1.807) is 18.2 Å². The minimum atomic E-state index is 0.0437. The highest BCUT2D eigenvalue weighted by atomic mass is 16.2. The minimum Gasteiger partial charge on any atom is -0.368 e. The monoisotopic (exact) mass is 333 g/mol. The van der Waals surface area contributed by atoms with Crippen LogP contribution >= 0.6 is 0 Å². The number of carbonyl (C=O) groups is 1. The third-order valence-electron chi connectivity index (χ3n) is 4.18. The average molecular weight is 333 g/mol. The smallest absolute Gasteiger partial charge is 0.246 e. The van der Waals surface area contributed by atoms with E-state index in [1.165, 1.54) is 0 Å². The number of anilines is 1. The molecule has 126 valence electrons. The van der Waals surface area contributed by atoms with Crippen LogP contribution in [0, 0.1) is 0 Å². The zero-order valence-electron chi connectivity index (χ0n) is 13.8. The lowest BCUT2D eigenvalue weighted by molar-refractivity contribution is -0.126. The van der Waals surface area contributed by atoms with E-state index in [2.05, 4.69) is 14.9 Å². The molecule has 0 N–H and O–H groups in total. The van der Waals surface area contributed by atoms with E-state index in [-0.39, 0.29) is 5.91 Å². The van der Waals surface area contributed by atoms with E-state index < -0.39 is 0 Å². The van der Waals surface area contributed by atoms with Gasteiger partial charge in [-0.3, -0.25) is 4.79 Å². The van der Waals surface area contributed by atoms with Gasteiger partial charge in [-0.05, 0) is 29.3 Å². The van der Waals surface area contributed by atoms with Crippen molar-refractivity contribution in [1.82, 2.24) is 4.90 Å². The first-order valence-corrected chi connectivity index (χ1v) is 8.18. The first-order valence-electron chi connectivity index (χ1n) is 8.18. The maximum absolute atomic E-state index is 12.3. The van der Waals surface area contributed by atoms with Crippen molar-refractivity contribution in [1.29, 1.82) is 0 Å². The van der Waals surface area contributed by atoms with Gasteiger partial charge in [-0.2, -0.15) is 0 Å². The molecular formula is C19H19N5O. The van der Waals surface area contributed by atoms with Gasteiger partial charge in [0, 0.05) is 48.5 Å². The molecule has 0 spiro atoms. The molecule has 0 aromatic heterocycles. The quantitative estimate of drug-likeness (QED) is 0.367. The van der Waals surface area contributed by atoms with E-state index in [4.69, 9.17) is 5.53 Å². The third-order valence-corrected chi connectivity index (χ3v) is 4.18. The summed E-state index contributed by atoms with van der Waals surface area (Å²) in [7, 11) is 0. The van der Waals surface area contributed by atoms with Crippen LogP contribution in [0.5, 0.6) is 0 Å². The predicted octanol–water partition coefficient (Wildman–Crippen LogP) is 3.99. The van der Waals surface area contributed by atoms with Crippen molar-refractivity contribution in [3.8, 4) is 0 Å². The number of hydrogen-bond acceptors (Lipinski definition) is 3. The summed E-state index contributed by atoms with van der Waals surface area (Å²) in [6.45, 7) is 2.95. The Morgan fingerprint density at radius 2 is 1.68 bits per heavy atom. The van der Waals surface area contributed by atoms with Crippen molar-refractivity contribution in [2.24, 2.45) is 5.11 Å². The van der Waals surface area contributed by atoms with Gasteiger partial charge >= 0.3 is 0 Å². The molecule has 2 aromatic rings. The number of piperazine rings is 1. The summed E-state index contributed by atoms with van der Waals surface area (Å²) < 4.78 is 0. The molecule has 1 aliphatic heterocycles. The van der Waals surface area contributed by atoms with E-state index in [1.807, 2.05) is 53.4 Å². The summed E-state index contributed by atoms with van der Waals surface area (Å²) in [5, 5.41) is 3.58. The van der Waals surface area contributed by atoms with E-state index in [0.717, 1.165) is 24.3 Å². The topological polar surface area (TPSA) is 72.3 Å². The summed E-state index contributed by atoms with van der Waals surface area (Å²) in [4.78, 5) is 19.2. The molecular weight excluding hydrogens is 314 g/mol. The molecule has 2 aromatic carbocycles. The maximum atomic E-state index is 12.3. The predicted molar refractivity (Wildman–Crippen MR) is 99.5 cm³/mol. The van der Waals surface area contributed by atoms with Gasteiger partial charge in [-0.15, -0.1) is 0 Å². The van der Waals surface area contributed by atoms with Crippen LogP contribution in [0.4, 0.5) is 11.4 Å². The number of carbonyl (C=O) groups excluding carboxylic acids is 1. The lowest BCUT2D eigenvalue weighted by Gasteiger charge is -2.35. The summed E-state index contributed by atoms with van der Waals surface area (Å²) in [5.41, 5.74) is 11.1. The highest BCUT2D eigenvalue weighted by Gasteiger charge is 2.19. The highest BCUT2D eigenvalue weighted by molar-refractivity contribution is 5.92. The third kappa shape index (κ3) is 4.40. The summed E-state index contributed by atoms with van der Waals surface area (Å²) in [5.74, 6) is 0.0437. The fourth-order valence-corrected chi connectivity index (χ4v) is 2.80. The Balaban J connectivity index is 1.55. The molecule has 0 bridgehead atoms. The second-order valence-corrected chi connectivity index (χ2v) is 5.76. The SMILES string of the molecule is [N-]=[N+]=Nc1ccc(N2CCN(C(=O)C=Cc3ccccc3)CC2)cc1. The van der Waals surface area contributed by atoms with Gasteiger partial charge in [0.05, 0.1) is 0 Å². The van der Waals surface area contributed by atoms with Crippen LogP contribution in [0.1, 0.15) is 5.56 Å². The Labute approximate surface area is 146 Å². The van der Waals surface area contributed by atoms with Crippen molar-refractivity contribution in [2.45, 2.75) is 0 Å². The van der Waals surface area contributed by atoms with Gasteiger partial charge in [0.15, 0.2) is 0 Å². The van der Waals surface area contributed by atoms with Gasteiger partial charge < -0.3 is 9.80 Å². The number of hydrogen-bond donors (Lipinski definition) is 0. The Morgan fingerprint density at radius 3 is 2.32 bits per heavy atom. The van der Waals surface area contributed by atoms with Crippen LogP contribution < -0.4 is 4.90 Å². The molecule has 0 atom stereocenters. The lowest BCUT2D eigenvalue weighted by Crippen LogP contribution is -2.48. The van der Waals surface area contributed by atoms with Crippen LogP contribution in [0.3, 0.4) is 0 Å². The molecule has 1 aliphatic rings. The summed E-state index contributed by atoms with van der Waals surface area (Å²) in [6, 6.07) is 17.3. The Hall–Kier alpha value is -3.24. The average Bonchev–Trinajstić information content (AvgIpc) is 2.68. The molecule has 1 heterocycles. The minimum absolute atomic E-state index is 0.0437. The van der Waals surface area contributed by atoms with Crippen molar-refractivity contribution in [3.05, 3.63) is 76.7 Å². The van der Waals surface area contributed by atoms with Crippen molar-refractivity contribution in [2.75, 3.05) is 31.1 Å². The first kappa shape index (κ1) is 16.6. The van der Waals surface area contributed by atoms with Gasteiger partial charge in [0.2, 0.25) is 5.91 Å². The first-order chi connectivity index (χ1) is 12.3. The standard InChI is InChI=1S/C19H19N5O/c20-22-21-17-7-9-18(10-8-17)23-12-14-24(15-13-23)19(25)11-6-16-4-2-1-3-5-16/h1-11H,12-15H2. The molecule has 1 fully saturated rings. The fraction of sp³-hybridized carbons (Fsp3) is 0.211. The highest BCUT2D eigenvalue weighted by Crippen LogP contribution is 2.21. The zero-order chi connectivity index (χ0) is 17.5. The largest absolute Gasteiger partial charge is 0.368 e. The second-order valence-electron chi connectivity index (χ2n) is 5.76. The number of azide groups is 1. The van der Waals surface area contributed by atoms with E-state index >= 15 is 0 Å². The number of benzene rings is 2. The molecule has 1 saturated heterocycles. The number of rotatable bonds is 4. The van der Waals surface area contributed by atoms with E-state index in [9.17, 15) is 4.79 Å². The van der Waals surface area contributed by atoms with Crippen molar-refractivity contribution >= 4 is 23.4 Å². The molecule has 6 nitrogen and oxygen atoms in total. The van der Waals surface area contributed by atoms with Crippen molar-refractivity contribution < 1.29 is 4.79 Å². The molecule has 3 rings (SSSR count). The van der Waals surface area contributed by atoms with Gasteiger partial charge in [-0.1, -0.05) is 47.6 Å². The van der Waals surface area contributed by atoms with Crippen LogP contribution in [-0.2, 0) is 4.79 Å². The van der Waals surface area contributed by atoms with Crippen LogP contribution in [0.15, 0.2) is 65.8 Å². The Morgan fingerprint density at radius 1 is 1.00 bits per heavy atom. The molecule has 0 aliphatic carbocycles. The number of nitrogens with zero attached hydrogens (tertiary/aromatic N) is 5.